The van der Waals surface area contributed by atoms with Gasteiger partial charge in [0.05, 0.1) is 11.5 Å². The van der Waals surface area contributed by atoms with Gasteiger partial charge in [0, 0.05) is 29.9 Å². The summed E-state index contributed by atoms with van der Waals surface area (Å²) in [6.07, 6.45) is 4.31. The van der Waals surface area contributed by atoms with E-state index < -0.39 is 9.84 Å². The molecule has 1 unspecified atom stereocenters. The Balaban J connectivity index is 1.74. The number of benzene rings is 1. The fourth-order valence-electron chi connectivity index (χ4n) is 2.71. The third-order valence-corrected chi connectivity index (χ3v) is 5.83. The lowest BCUT2D eigenvalue weighted by atomic mass is 10.0. The molecule has 2 heterocycles. The molecule has 1 N–H and O–H groups in total. The van der Waals surface area contributed by atoms with E-state index in [1.165, 1.54) is 0 Å². The van der Waals surface area contributed by atoms with Gasteiger partial charge in [-0.3, -0.25) is 4.98 Å². The SMILES string of the molecule is CC1(NCc2ccc3cnccc3c2)CCS(=O)(=O)C1. The summed E-state index contributed by atoms with van der Waals surface area (Å²) in [6, 6.07) is 8.22. The number of rotatable bonds is 3. The maximum Gasteiger partial charge on any atom is 0.152 e. The molecule has 0 saturated carbocycles. The molecule has 106 valence electrons. The summed E-state index contributed by atoms with van der Waals surface area (Å²) in [5.74, 6) is 0.525. The van der Waals surface area contributed by atoms with Crippen molar-refractivity contribution in [3.05, 3.63) is 42.2 Å². The molecule has 0 radical (unpaired) electrons. The zero-order chi connectivity index (χ0) is 14.2. The smallest absolute Gasteiger partial charge is 0.152 e. The lowest BCUT2D eigenvalue weighted by molar-refractivity contribution is 0.395. The number of pyridine rings is 1. The second-order valence-electron chi connectivity index (χ2n) is 5.81. The summed E-state index contributed by atoms with van der Waals surface area (Å²) in [6.45, 7) is 2.67. The van der Waals surface area contributed by atoms with Crippen molar-refractivity contribution in [2.45, 2.75) is 25.4 Å². The number of nitrogens with one attached hydrogen (secondary N) is 1. The van der Waals surface area contributed by atoms with Crippen molar-refractivity contribution in [3.63, 3.8) is 0 Å². The fourth-order valence-corrected chi connectivity index (χ4v) is 4.83. The average molecular weight is 290 g/mol. The third-order valence-electron chi connectivity index (χ3n) is 3.93. The predicted molar refractivity (Wildman–Crippen MR) is 80.3 cm³/mol. The van der Waals surface area contributed by atoms with Gasteiger partial charge in [0.1, 0.15) is 0 Å². The highest BCUT2D eigenvalue weighted by molar-refractivity contribution is 7.91. The van der Waals surface area contributed by atoms with Crippen LogP contribution >= 0.6 is 0 Å². The molecule has 0 bridgehead atoms. The van der Waals surface area contributed by atoms with Crippen LogP contribution in [0, 0.1) is 0 Å². The molecule has 4 nitrogen and oxygen atoms in total. The Morgan fingerprint density at radius 2 is 2.15 bits per heavy atom. The molecule has 1 atom stereocenters. The molecule has 5 heteroatoms. The van der Waals surface area contributed by atoms with Crippen LogP contribution in [0.3, 0.4) is 0 Å². The van der Waals surface area contributed by atoms with Gasteiger partial charge in [-0.25, -0.2) is 8.42 Å². The lowest BCUT2D eigenvalue weighted by Crippen LogP contribution is -2.42. The molecule has 1 aliphatic heterocycles. The largest absolute Gasteiger partial charge is 0.306 e. The third kappa shape index (κ3) is 2.83. The number of fused-ring (bicyclic) bond motifs is 1. The Morgan fingerprint density at radius 3 is 2.90 bits per heavy atom. The van der Waals surface area contributed by atoms with Gasteiger partial charge in [-0.1, -0.05) is 12.1 Å². The van der Waals surface area contributed by atoms with Crippen molar-refractivity contribution in [2.75, 3.05) is 11.5 Å². The highest BCUT2D eigenvalue weighted by Crippen LogP contribution is 2.23. The predicted octanol–water partition coefficient (Wildman–Crippen LogP) is 1.90. The monoisotopic (exact) mass is 290 g/mol. The lowest BCUT2D eigenvalue weighted by Gasteiger charge is -2.24. The Kier molecular flexibility index (Phi) is 3.26. The van der Waals surface area contributed by atoms with Gasteiger partial charge in [-0.05, 0) is 36.4 Å². The molecule has 1 fully saturated rings. The number of sulfone groups is 1. The van der Waals surface area contributed by atoms with Crippen molar-refractivity contribution in [3.8, 4) is 0 Å². The summed E-state index contributed by atoms with van der Waals surface area (Å²) in [4.78, 5) is 4.10. The first-order valence-corrected chi connectivity index (χ1v) is 8.56. The van der Waals surface area contributed by atoms with Crippen LogP contribution in [0.25, 0.3) is 10.8 Å². The van der Waals surface area contributed by atoms with E-state index in [4.69, 9.17) is 0 Å². The summed E-state index contributed by atoms with van der Waals surface area (Å²) in [5, 5.41) is 5.67. The van der Waals surface area contributed by atoms with Gasteiger partial charge in [0.2, 0.25) is 0 Å². The summed E-state index contributed by atoms with van der Waals surface area (Å²) < 4.78 is 23.2. The molecule has 1 aromatic heterocycles. The Morgan fingerprint density at radius 1 is 1.30 bits per heavy atom. The second kappa shape index (κ2) is 4.82. The molecule has 0 amide bonds. The fraction of sp³-hybridized carbons (Fsp3) is 0.400. The van der Waals surface area contributed by atoms with E-state index in [-0.39, 0.29) is 11.3 Å². The molecular weight excluding hydrogens is 272 g/mol. The van der Waals surface area contributed by atoms with Gasteiger partial charge >= 0.3 is 0 Å². The Bertz CT molecular complexity index is 742. The van der Waals surface area contributed by atoms with Gasteiger partial charge in [0.25, 0.3) is 0 Å². The molecule has 0 aliphatic carbocycles. The zero-order valence-corrected chi connectivity index (χ0v) is 12.3. The van der Waals surface area contributed by atoms with E-state index in [2.05, 4.69) is 22.4 Å². The van der Waals surface area contributed by atoms with Gasteiger partial charge in [0.15, 0.2) is 9.84 Å². The van der Waals surface area contributed by atoms with E-state index in [0.29, 0.717) is 18.7 Å². The number of hydrogen-bond acceptors (Lipinski definition) is 4. The maximum atomic E-state index is 11.6. The van der Waals surface area contributed by atoms with E-state index in [0.717, 1.165) is 16.3 Å². The van der Waals surface area contributed by atoms with Crippen LogP contribution in [-0.4, -0.2) is 30.4 Å². The van der Waals surface area contributed by atoms with E-state index in [1.807, 2.05) is 25.3 Å². The van der Waals surface area contributed by atoms with E-state index >= 15 is 0 Å². The number of hydrogen-bond donors (Lipinski definition) is 1. The van der Waals surface area contributed by atoms with Crippen molar-refractivity contribution < 1.29 is 8.42 Å². The van der Waals surface area contributed by atoms with Crippen molar-refractivity contribution >= 4 is 20.6 Å². The summed E-state index contributed by atoms with van der Waals surface area (Å²) in [5.41, 5.74) is 0.862. The van der Waals surface area contributed by atoms with Gasteiger partial charge in [-0.15, -0.1) is 0 Å². The zero-order valence-electron chi connectivity index (χ0n) is 11.5. The van der Waals surface area contributed by atoms with Crippen LogP contribution < -0.4 is 5.32 Å². The molecule has 1 saturated heterocycles. The van der Waals surface area contributed by atoms with Crippen LogP contribution in [-0.2, 0) is 16.4 Å². The van der Waals surface area contributed by atoms with E-state index in [1.54, 1.807) is 6.20 Å². The van der Waals surface area contributed by atoms with E-state index in [9.17, 15) is 8.42 Å². The number of aromatic nitrogens is 1. The minimum Gasteiger partial charge on any atom is -0.306 e. The quantitative estimate of drug-likeness (QED) is 0.938. The minimum atomic E-state index is -2.86. The highest BCUT2D eigenvalue weighted by Gasteiger charge is 2.37. The van der Waals surface area contributed by atoms with Crippen molar-refractivity contribution in [1.29, 1.82) is 0 Å². The van der Waals surface area contributed by atoms with Crippen LogP contribution in [0.1, 0.15) is 18.9 Å². The molecule has 0 spiro atoms. The van der Waals surface area contributed by atoms with Crippen LogP contribution in [0.2, 0.25) is 0 Å². The highest BCUT2D eigenvalue weighted by atomic mass is 32.2. The van der Waals surface area contributed by atoms with Crippen LogP contribution in [0.5, 0.6) is 0 Å². The second-order valence-corrected chi connectivity index (χ2v) is 8.00. The topological polar surface area (TPSA) is 59.1 Å². The first-order valence-electron chi connectivity index (χ1n) is 6.74. The van der Waals surface area contributed by atoms with Gasteiger partial charge < -0.3 is 5.32 Å². The molecular formula is C15H18N2O2S. The first-order chi connectivity index (χ1) is 9.46. The minimum absolute atomic E-state index is 0.234. The first kappa shape index (κ1) is 13.5. The van der Waals surface area contributed by atoms with Crippen LogP contribution in [0.15, 0.2) is 36.7 Å². The average Bonchev–Trinajstić information content (AvgIpc) is 2.71. The maximum absolute atomic E-state index is 11.6. The summed E-state index contributed by atoms with van der Waals surface area (Å²) in [7, 11) is -2.86. The molecule has 3 rings (SSSR count). The Labute approximate surface area is 119 Å². The standard InChI is InChI=1S/C15H18N2O2S/c1-15(5-7-20(18,19)11-15)17-9-12-2-3-14-10-16-6-4-13(14)8-12/h2-4,6,8,10,17H,5,7,9,11H2,1H3. The van der Waals surface area contributed by atoms with Crippen molar-refractivity contribution in [1.82, 2.24) is 10.3 Å². The molecule has 2 aromatic rings. The van der Waals surface area contributed by atoms with Crippen molar-refractivity contribution in [2.24, 2.45) is 0 Å². The Hall–Kier alpha value is -1.46. The van der Waals surface area contributed by atoms with Gasteiger partial charge in [-0.2, -0.15) is 0 Å². The normalized spacial score (nSPS) is 25.1. The summed E-state index contributed by atoms with van der Waals surface area (Å²) >= 11 is 0. The number of nitrogens with zero attached hydrogens (tertiary/aromatic N) is 1. The van der Waals surface area contributed by atoms with Crippen LogP contribution in [0.4, 0.5) is 0 Å². The molecule has 20 heavy (non-hydrogen) atoms. The molecule has 1 aromatic carbocycles. The molecule has 1 aliphatic rings.